The van der Waals surface area contributed by atoms with Gasteiger partial charge in [-0.05, 0) is 25.3 Å². The van der Waals surface area contributed by atoms with Crippen LogP contribution in [0.3, 0.4) is 0 Å². The highest BCUT2D eigenvalue weighted by atomic mass is 16.4. The number of hydrogen-bond acceptors (Lipinski definition) is 3. The molecule has 1 aliphatic rings. The molecule has 0 spiro atoms. The number of nitrogens with one attached hydrogen (secondary N) is 1. The van der Waals surface area contributed by atoms with E-state index in [4.69, 9.17) is 9.52 Å². The third kappa shape index (κ3) is 2.27. The van der Waals surface area contributed by atoms with Crippen molar-refractivity contribution in [3.05, 3.63) is 36.1 Å². The molecule has 2 atom stereocenters. The summed E-state index contributed by atoms with van der Waals surface area (Å²) < 4.78 is 5.34. The topological polar surface area (TPSA) is 79.5 Å². The molecule has 1 heterocycles. The van der Waals surface area contributed by atoms with Crippen molar-refractivity contribution >= 4 is 22.8 Å². The van der Waals surface area contributed by atoms with E-state index in [0.29, 0.717) is 30.4 Å². The Balaban J connectivity index is 1.73. The van der Waals surface area contributed by atoms with Gasteiger partial charge >= 0.3 is 5.97 Å². The molecule has 0 saturated heterocycles. The fraction of sp³-hybridized carbons (Fsp3) is 0.333. The lowest BCUT2D eigenvalue weighted by atomic mass is 10.1. The second-order valence-electron chi connectivity index (χ2n) is 5.16. The normalized spacial score (nSPS) is 22.0. The van der Waals surface area contributed by atoms with Crippen LogP contribution in [0.25, 0.3) is 11.0 Å². The number of benzene rings is 1. The summed E-state index contributed by atoms with van der Waals surface area (Å²) in [6, 6.07) is 7.27. The van der Waals surface area contributed by atoms with Gasteiger partial charge in [-0.1, -0.05) is 18.2 Å². The van der Waals surface area contributed by atoms with Gasteiger partial charge in [0.2, 0.25) is 0 Å². The predicted molar refractivity (Wildman–Crippen MR) is 72.4 cm³/mol. The zero-order chi connectivity index (χ0) is 14.1. The highest BCUT2D eigenvalue weighted by molar-refractivity contribution is 6.06. The van der Waals surface area contributed by atoms with Crippen molar-refractivity contribution < 1.29 is 19.1 Å². The number of carboxylic acids is 1. The Labute approximate surface area is 115 Å². The first-order valence-corrected chi connectivity index (χ1v) is 6.65. The predicted octanol–water partition coefficient (Wildman–Crippen LogP) is 2.42. The number of carbonyl (C=O) groups is 2. The Kier molecular flexibility index (Phi) is 3.18. The van der Waals surface area contributed by atoms with Gasteiger partial charge in [-0.15, -0.1) is 0 Å². The molecule has 1 fully saturated rings. The van der Waals surface area contributed by atoms with Crippen LogP contribution in [0, 0.1) is 5.92 Å². The maximum absolute atomic E-state index is 12.2. The van der Waals surface area contributed by atoms with Gasteiger partial charge in [-0.3, -0.25) is 9.59 Å². The standard InChI is InChI=1S/C15H15NO4/c17-14(16-10-6-5-9(7-10)15(18)19)12-8-20-13-4-2-1-3-11(12)13/h1-4,8-10H,5-7H2,(H,16,17)(H,18,19). The van der Waals surface area contributed by atoms with Crippen molar-refractivity contribution in [3.8, 4) is 0 Å². The quantitative estimate of drug-likeness (QED) is 0.900. The summed E-state index contributed by atoms with van der Waals surface area (Å²) >= 11 is 0. The van der Waals surface area contributed by atoms with Gasteiger partial charge < -0.3 is 14.8 Å². The average Bonchev–Trinajstić information content (AvgIpc) is 3.04. The molecule has 20 heavy (non-hydrogen) atoms. The second kappa shape index (κ2) is 5.00. The Morgan fingerprint density at radius 2 is 2.05 bits per heavy atom. The van der Waals surface area contributed by atoms with E-state index in [1.165, 1.54) is 6.26 Å². The van der Waals surface area contributed by atoms with Gasteiger partial charge in [0.25, 0.3) is 5.91 Å². The summed E-state index contributed by atoms with van der Waals surface area (Å²) in [5.41, 5.74) is 1.17. The molecule has 3 rings (SSSR count). The first kappa shape index (κ1) is 12.7. The van der Waals surface area contributed by atoms with Crippen LogP contribution in [0.5, 0.6) is 0 Å². The van der Waals surface area contributed by atoms with Crippen molar-refractivity contribution in [2.75, 3.05) is 0 Å². The van der Waals surface area contributed by atoms with Crippen LogP contribution in [0.15, 0.2) is 34.9 Å². The number of hydrogen-bond donors (Lipinski definition) is 2. The third-order valence-corrected chi connectivity index (χ3v) is 3.84. The van der Waals surface area contributed by atoms with Crippen LogP contribution < -0.4 is 5.32 Å². The first-order valence-electron chi connectivity index (χ1n) is 6.65. The van der Waals surface area contributed by atoms with Crippen LogP contribution in [-0.2, 0) is 4.79 Å². The maximum Gasteiger partial charge on any atom is 0.306 e. The molecule has 5 nitrogen and oxygen atoms in total. The van der Waals surface area contributed by atoms with E-state index in [0.717, 1.165) is 5.39 Å². The molecule has 2 aromatic rings. The number of rotatable bonds is 3. The summed E-state index contributed by atoms with van der Waals surface area (Å²) in [4.78, 5) is 23.1. The van der Waals surface area contributed by atoms with E-state index in [1.807, 2.05) is 24.3 Å². The number of furan rings is 1. The maximum atomic E-state index is 12.2. The SMILES string of the molecule is O=C(NC1CCC(C(=O)O)C1)c1coc2ccccc12. The molecule has 1 aliphatic carbocycles. The summed E-state index contributed by atoms with van der Waals surface area (Å²) in [6.45, 7) is 0. The van der Waals surface area contributed by atoms with Crippen LogP contribution in [-0.4, -0.2) is 23.0 Å². The van der Waals surface area contributed by atoms with Crippen LogP contribution >= 0.6 is 0 Å². The smallest absolute Gasteiger partial charge is 0.306 e. The fourth-order valence-corrected chi connectivity index (χ4v) is 2.75. The van der Waals surface area contributed by atoms with Crippen molar-refractivity contribution in [1.82, 2.24) is 5.32 Å². The van der Waals surface area contributed by atoms with E-state index < -0.39 is 5.97 Å². The molecular weight excluding hydrogens is 258 g/mol. The monoisotopic (exact) mass is 273 g/mol. The zero-order valence-corrected chi connectivity index (χ0v) is 10.8. The van der Waals surface area contributed by atoms with Crippen LogP contribution in [0.4, 0.5) is 0 Å². The van der Waals surface area contributed by atoms with E-state index >= 15 is 0 Å². The van der Waals surface area contributed by atoms with Crippen molar-refractivity contribution in [3.63, 3.8) is 0 Å². The van der Waals surface area contributed by atoms with Crippen LogP contribution in [0.1, 0.15) is 29.6 Å². The minimum absolute atomic E-state index is 0.0720. The van der Waals surface area contributed by atoms with Crippen molar-refractivity contribution in [2.45, 2.75) is 25.3 Å². The number of carbonyl (C=O) groups excluding carboxylic acids is 1. The summed E-state index contributed by atoms with van der Waals surface area (Å²) in [7, 11) is 0. The van der Waals surface area contributed by atoms with Gasteiger partial charge in [0.15, 0.2) is 0 Å². The molecule has 2 N–H and O–H groups in total. The largest absolute Gasteiger partial charge is 0.481 e. The van der Waals surface area contributed by atoms with E-state index in [9.17, 15) is 9.59 Å². The molecule has 0 radical (unpaired) electrons. The molecule has 5 heteroatoms. The summed E-state index contributed by atoms with van der Waals surface area (Å²) in [5, 5.41) is 12.6. The van der Waals surface area contributed by atoms with Gasteiger partial charge in [0.05, 0.1) is 11.5 Å². The molecule has 1 saturated carbocycles. The first-order chi connectivity index (χ1) is 9.65. The van der Waals surface area contributed by atoms with Crippen LogP contribution in [0.2, 0.25) is 0 Å². The molecule has 104 valence electrons. The Bertz CT molecular complexity index is 661. The van der Waals surface area contributed by atoms with Gasteiger partial charge in [0.1, 0.15) is 11.8 Å². The highest BCUT2D eigenvalue weighted by Gasteiger charge is 2.31. The molecule has 1 amide bonds. The van der Waals surface area contributed by atoms with Crippen molar-refractivity contribution in [2.24, 2.45) is 5.92 Å². The molecule has 1 aromatic carbocycles. The second-order valence-corrected chi connectivity index (χ2v) is 5.16. The lowest BCUT2D eigenvalue weighted by Gasteiger charge is -2.11. The third-order valence-electron chi connectivity index (χ3n) is 3.84. The minimum atomic E-state index is -0.782. The number of amides is 1. The van der Waals surface area contributed by atoms with E-state index in [1.54, 1.807) is 0 Å². The molecule has 2 unspecified atom stereocenters. The molecular formula is C15H15NO4. The minimum Gasteiger partial charge on any atom is -0.481 e. The molecule has 1 aromatic heterocycles. The zero-order valence-electron chi connectivity index (χ0n) is 10.8. The number of fused-ring (bicyclic) bond motifs is 1. The number of aliphatic carboxylic acids is 1. The lowest BCUT2D eigenvalue weighted by molar-refractivity contribution is -0.141. The number of para-hydroxylation sites is 1. The fourth-order valence-electron chi connectivity index (χ4n) is 2.75. The van der Waals surface area contributed by atoms with Gasteiger partial charge in [-0.25, -0.2) is 0 Å². The Morgan fingerprint density at radius 3 is 2.80 bits per heavy atom. The lowest BCUT2D eigenvalue weighted by Crippen LogP contribution is -2.33. The van der Waals surface area contributed by atoms with E-state index in [2.05, 4.69) is 5.32 Å². The van der Waals surface area contributed by atoms with Crippen molar-refractivity contribution in [1.29, 1.82) is 0 Å². The highest BCUT2D eigenvalue weighted by Crippen LogP contribution is 2.27. The Hall–Kier alpha value is -2.30. The van der Waals surface area contributed by atoms with E-state index in [-0.39, 0.29) is 17.9 Å². The Morgan fingerprint density at radius 1 is 1.25 bits per heavy atom. The average molecular weight is 273 g/mol. The number of carboxylic acid groups (broad SMARTS) is 1. The van der Waals surface area contributed by atoms with Gasteiger partial charge in [-0.2, -0.15) is 0 Å². The molecule has 0 aliphatic heterocycles. The molecule has 0 bridgehead atoms. The van der Waals surface area contributed by atoms with Gasteiger partial charge in [0, 0.05) is 11.4 Å². The summed E-state index contributed by atoms with van der Waals surface area (Å²) in [6.07, 6.45) is 3.27. The summed E-state index contributed by atoms with van der Waals surface area (Å²) in [5.74, 6) is -1.33.